The molecule has 1 unspecified atom stereocenters. The Balaban J connectivity index is 1.96. The summed E-state index contributed by atoms with van der Waals surface area (Å²) in [5.41, 5.74) is 1.05. The van der Waals surface area contributed by atoms with Crippen LogP contribution >= 0.6 is 0 Å². The lowest BCUT2D eigenvalue weighted by atomic mass is 9.89. The van der Waals surface area contributed by atoms with Gasteiger partial charge in [-0.05, 0) is 44.1 Å². The van der Waals surface area contributed by atoms with Crippen molar-refractivity contribution in [3.8, 4) is 0 Å². The molecule has 1 saturated heterocycles. The van der Waals surface area contributed by atoms with E-state index in [1.165, 1.54) is 19.3 Å². The van der Waals surface area contributed by atoms with Gasteiger partial charge in [-0.15, -0.1) is 0 Å². The van der Waals surface area contributed by atoms with Crippen molar-refractivity contribution in [2.24, 2.45) is 11.8 Å². The highest BCUT2D eigenvalue weighted by atomic mass is 15.2. The Bertz CT molecular complexity index is 419. The van der Waals surface area contributed by atoms with E-state index in [1.54, 1.807) is 0 Å². The van der Waals surface area contributed by atoms with E-state index in [9.17, 15) is 0 Å². The number of nitrogens with one attached hydrogen (secondary N) is 1. The van der Waals surface area contributed by atoms with Crippen molar-refractivity contribution < 1.29 is 0 Å². The molecule has 0 aliphatic carbocycles. The van der Waals surface area contributed by atoms with Crippen LogP contribution in [0.1, 0.15) is 52.1 Å². The largest absolute Gasteiger partial charge is 0.355 e. The van der Waals surface area contributed by atoms with Crippen LogP contribution < -0.4 is 10.2 Å². The molecule has 4 nitrogen and oxygen atoms in total. The molecule has 2 heterocycles. The molecule has 1 aromatic rings. The molecule has 1 atom stereocenters. The van der Waals surface area contributed by atoms with Crippen molar-refractivity contribution in [3.63, 3.8) is 0 Å². The van der Waals surface area contributed by atoms with Crippen molar-refractivity contribution in [2.75, 3.05) is 24.5 Å². The molecule has 0 amide bonds. The minimum absolute atomic E-state index is 0.792. The molecular weight excluding hydrogens is 260 g/mol. The summed E-state index contributed by atoms with van der Waals surface area (Å²) in [6.07, 6.45) is 8.83. The molecule has 118 valence electrons. The highest BCUT2D eigenvalue weighted by molar-refractivity contribution is 5.36. The summed E-state index contributed by atoms with van der Waals surface area (Å²) in [5.74, 6) is 2.70. The Labute approximate surface area is 129 Å². The van der Waals surface area contributed by atoms with Gasteiger partial charge in [-0.2, -0.15) is 0 Å². The molecule has 0 bridgehead atoms. The van der Waals surface area contributed by atoms with Crippen molar-refractivity contribution in [3.05, 3.63) is 18.1 Å². The molecular formula is C17H30N4. The van der Waals surface area contributed by atoms with Gasteiger partial charge in [0.1, 0.15) is 5.82 Å². The zero-order chi connectivity index (χ0) is 15.1. The van der Waals surface area contributed by atoms with Crippen LogP contribution in [0.4, 0.5) is 5.82 Å². The van der Waals surface area contributed by atoms with E-state index in [2.05, 4.69) is 36.0 Å². The zero-order valence-electron chi connectivity index (χ0n) is 13.8. The van der Waals surface area contributed by atoms with E-state index in [-0.39, 0.29) is 0 Å². The second-order valence-electron chi connectivity index (χ2n) is 6.47. The quantitative estimate of drug-likeness (QED) is 0.817. The van der Waals surface area contributed by atoms with Crippen LogP contribution in [0.15, 0.2) is 12.4 Å². The van der Waals surface area contributed by atoms with Crippen LogP contribution in [0.3, 0.4) is 0 Å². The number of hydrogen-bond donors (Lipinski definition) is 1. The summed E-state index contributed by atoms with van der Waals surface area (Å²) in [7, 11) is 0. The van der Waals surface area contributed by atoms with E-state index in [4.69, 9.17) is 4.98 Å². The van der Waals surface area contributed by atoms with E-state index in [0.29, 0.717) is 0 Å². The second kappa shape index (κ2) is 8.32. The van der Waals surface area contributed by atoms with Crippen molar-refractivity contribution >= 4 is 5.82 Å². The van der Waals surface area contributed by atoms with Crippen molar-refractivity contribution in [2.45, 2.75) is 53.0 Å². The molecule has 1 N–H and O–H groups in total. The maximum Gasteiger partial charge on any atom is 0.147 e. The number of rotatable bonds is 6. The SMILES string of the molecule is CCCNCc1cncc(N2CCCC(C(C)C)CC2)n1. The van der Waals surface area contributed by atoms with Gasteiger partial charge in [0.05, 0.1) is 11.9 Å². The minimum atomic E-state index is 0.792. The van der Waals surface area contributed by atoms with Gasteiger partial charge in [-0.1, -0.05) is 20.8 Å². The number of anilines is 1. The van der Waals surface area contributed by atoms with Gasteiger partial charge >= 0.3 is 0 Å². The molecule has 1 fully saturated rings. The molecule has 2 rings (SSSR count). The Kier molecular flexibility index (Phi) is 6.43. The maximum atomic E-state index is 4.78. The van der Waals surface area contributed by atoms with Gasteiger partial charge in [-0.25, -0.2) is 4.98 Å². The van der Waals surface area contributed by atoms with Gasteiger partial charge in [0.2, 0.25) is 0 Å². The highest BCUT2D eigenvalue weighted by Crippen LogP contribution is 2.26. The first-order valence-electron chi connectivity index (χ1n) is 8.47. The lowest BCUT2D eigenvalue weighted by Gasteiger charge is -2.22. The number of nitrogens with zero attached hydrogens (tertiary/aromatic N) is 3. The second-order valence-corrected chi connectivity index (χ2v) is 6.47. The van der Waals surface area contributed by atoms with Crippen LogP contribution in [0.5, 0.6) is 0 Å². The first-order valence-corrected chi connectivity index (χ1v) is 8.47. The summed E-state index contributed by atoms with van der Waals surface area (Å²) in [6.45, 7) is 11.0. The Morgan fingerprint density at radius 3 is 2.90 bits per heavy atom. The normalized spacial score (nSPS) is 19.8. The average Bonchev–Trinajstić information content (AvgIpc) is 2.74. The third-order valence-electron chi connectivity index (χ3n) is 4.44. The summed E-state index contributed by atoms with van der Waals surface area (Å²) >= 11 is 0. The fourth-order valence-corrected chi connectivity index (χ4v) is 3.04. The molecule has 1 aromatic heterocycles. The molecule has 1 aliphatic rings. The van der Waals surface area contributed by atoms with Gasteiger partial charge in [-0.3, -0.25) is 4.98 Å². The fraction of sp³-hybridized carbons (Fsp3) is 0.765. The van der Waals surface area contributed by atoms with E-state index in [1.807, 2.05) is 12.4 Å². The maximum absolute atomic E-state index is 4.78. The van der Waals surface area contributed by atoms with Crippen molar-refractivity contribution in [1.82, 2.24) is 15.3 Å². The predicted molar refractivity (Wildman–Crippen MR) is 88.4 cm³/mol. The number of hydrogen-bond acceptors (Lipinski definition) is 4. The molecule has 21 heavy (non-hydrogen) atoms. The molecule has 0 aromatic carbocycles. The smallest absolute Gasteiger partial charge is 0.147 e. The minimum Gasteiger partial charge on any atom is -0.355 e. The average molecular weight is 290 g/mol. The third-order valence-corrected chi connectivity index (χ3v) is 4.44. The summed E-state index contributed by atoms with van der Waals surface area (Å²) in [6, 6.07) is 0. The van der Waals surface area contributed by atoms with Crippen LogP contribution in [0.25, 0.3) is 0 Å². The van der Waals surface area contributed by atoms with Crippen LogP contribution in [-0.2, 0) is 6.54 Å². The van der Waals surface area contributed by atoms with Crippen LogP contribution in [0.2, 0.25) is 0 Å². The Hall–Kier alpha value is -1.16. The summed E-state index contributed by atoms with van der Waals surface area (Å²) in [4.78, 5) is 11.6. The monoisotopic (exact) mass is 290 g/mol. The van der Waals surface area contributed by atoms with E-state index < -0.39 is 0 Å². The zero-order valence-corrected chi connectivity index (χ0v) is 13.8. The topological polar surface area (TPSA) is 41.1 Å². The first kappa shape index (κ1) is 16.2. The standard InChI is InChI=1S/C17H30N4/c1-4-8-18-11-16-12-19-13-17(20-16)21-9-5-6-15(7-10-21)14(2)3/h12-15,18H,4-11H2,1-3H3. The van der Waals surface area contributed by atoms with Crippen LogP contribution in [0, 0.1) is 11.8 Å². The van der Waals surface area contributed by atoms with Gasteiger partial charge in [0, 0.05) is 25.8 Å². The van der Waals surface area contributed by atoms with E-state index in [0.717, 1.165) is 55.9 Å². The fourth-order valence-electron chi connectivity index (χ4n) is 3.04. The van der Waals surface area contributed by atoms with Gasteiger partial charge in [0.25, 0.3) is 0 Å². The predicted octanol–water partition coefficient (Wildman–Crippen LogP) is 3.24. The molecule has 0 spiro atoms. The van der Waals surface area contributed by atoms with Gasteiger partial charge in [0.15, 0.2) is 0 Å². The lowest BCUT2D eigenvalue weighted by Crippen LogP contribution is -2.26. The number of aromatic nitrogens is 2. The molecule has 0 saturated carbocycles. The summed E-state index contributed by atoms with van der Waals surface area (Å²) < 4.78 is 0. The van der Waals surface area contributed by atoms with E-state index >= 15 is 0 Å². The highest BCUT2D eigenvalue weighted by Gasteiger charge is 2.20. The Morgan fingerprint density at radius 1 is 1.29 bits per heavy atom. The molecule has 1 aliphatic heterocycles. The lowest BCUT2D eigenvalue weighted by molar-refractivity contribution is 0.351. The van der Waals surface area contributed by atoms with Gasteiger partial charge < -0.3 is 10.2 Å². The van der Waals surface area contributed by atoms with Crippen LogP contribution in [-0.4, -0.2) is 29.6 Å². The van der Waals surface area contributed by atoms with Crippen molar-refractivity contribution in [1.29, 1.82) is 0 Å². The summed E-state index contributed by atoms with van der Waals surface area (Å²) in [5, 5.41) is 3.39. The first-order chi connectivity index (χ1) is 10.2. The molecule has 4 heteroatoms. The third kappa shape index (κ3) is 4.95. The molecule has 0 radical (unpaired) electrons. The Morgan fingerprint density at radius 2 is 2.14 bits per heavy atom.